The van der Waals surface area contributed by atoms with Gasteiger partial charge in [0.25, 0.3) is 0 Å². The Labute approximate surface area is 125 Å². The molecule has 1 aromatic carbocycles. The molecule has 2 N–H and O–H groups in total. The molecule has 1 aliphatic rings. The van der Waals surface area contributed by atoms with Crippen LogP contribution in [0.2, 0.25) is 5.02 Å². The van der Waals surface area contributed by atoms with Crippen molar-refractivity contribution < 1.29 is 9.63 Å². The molecule has 5 nitrogen and oxygen atoms in total. The topological polar surface area (TPSA) is 71.2 Å². The lowest BCUT2D eigenvalue weighted by Gasteiger charge is -2.01. The Hall–Kier alpha value is -1.08. The third-order valence-corrected chi connectivity index (χ3v) is 4.33. The summed E-state index contributed by atoms with van der Waals surface area (Å²) in [5.41, 5.74) is 0. The van der Waals surface area contributed by atoms with E-state index in [0.717, 1.165) is 9.92 Å². The highest BCUT2D eigenvalue weighted by atomic mass is 35.5. The van der Waals surface area contributed by atoms with Crippen molar-refractivity contribution in [3.05, 3.63) is 41.0 Å². The second-order valence-electron chi connectivity index (χ2n) is 4.64. The molecule has 106 valence electrons. The summed E-state index contributed by atoms with van der Waals surface area (Å²) in [6, 6.07) is 7.60. The van der Waals surface area contributed by atoms with Gasteiger partial charge in [-0.1, -0.05) is 16.8 Å². The van der Waals surface area contributed by atoms with Crippen molar-refractivity contribution in [2.75, 3.05) is 6.54 Å². The predicted molar refractivity (Wildman–Crippen MR) is 76.7 cm³/mol. The second-order valence-corrected chi connectivity index (χ2v) is 6.13. The molecule has 1 saturated heterocycles. The number of aliphatic hydroxyl groups excluding tert-OH is 1. The van der Waals surface area contributed by atoms with Gasteiger partial charge in [-0.2, -0.15) is 4.98 Å². The van der Waals surface area contributed by atoms with Gasteiger partial charge in [-0.3, -0.25) is 0 Å². The maximum Gasteiger partial charge on any atom is 0.243 e. The van der Waals surface area contributed by atoms with Crippen LogP contribution in [0.1, 0.15) is 24.2 Å². The molecule has 3 rings (SSSR count). The number of nitrogens with zero attached hydrogens (tertiary/aromatic N) is 2. The maximum absolute atomic E-state index is 9.47. The van der Waals surface area contributed by atoms with Gasteiger partial charge in [0, 0.05) is 16.5 Å². The first-order valence-corrected chi connectivity index (χ1v) is 7.69. The molecule has 0 radical (unpaired) electrons. The molecule has 2 unspecified atom stereocenters. The fourth-order valence-corrected chi connectivity index (χ4v) is 2.92. The first-order chi connectivity index (χ1) is 9.70. The number of nitrogens with one attached hydrogen (secondary N) is 1. The van der Waals surface area contributed by atoms with E-state index in [1.807, 2.05) is 24.3 Å². The number of halogens is 1. The lowest BCUT2D eigenvalue weighted by atomic mass is 10.2. The lowest BCUT2D eigenvalue weighted by Crippen LogP contribution is -2.15. The quantitative estimate of drug-likeness (QED) is 0.845. The Morgan fingerprint density at radius 3 is 2.90 bits per heavy atom. The van der Waals surface area contributed by atoms with E-state index < -0.39 is 0 Å². The highest BCUT2D eigenvalue weighted by Crippen LogP contribution is 2.25. The van der Waals surface area contributed by atoms with E-state index in [0.29, 0.717) is 30.4 Å². The Morgan fingerprint density at radius 2 is 2.20 bits per heavy atom. The van der Waals surface area contributed by atoms with Gasteiger partial charge in [0.15, 0.2) is 5.82 Å². The molecule has 0 saturated carbocycles. The van der Waals surface area contributed by atoms with Crippen LogP contribution in [-0.2, 0) is 5.75 Å². The van der Waals surface area contributed by atoms with Crippen molar-refractivity contribution in [3.8, 4) is 0 Å². The van der Waals surface area contributed by atoms with Gasteiger partial charge in [0.2, 0.25) is 5.89 Å². The zero-order valence-electron chi connectivity index (χ0n) is 10.6. The van der Waals surface area contributed by atoms with Gasteiger partial charge in [-0.05, 0) is 30.7 Å². The second kappa shape index (κ2) is 6.13. The van der Waals surface area contributed by atoms with Crippen LogP contribution < -0.4 is 5.32 Å². The Morgan fingerprint density at radius 1 is 1.40 bits per heavy atom. The van der Waals surface area contributed by atoms with Gasteiger partial charge in [-0.25, -0.2) is 0 Å². The number of rotatable bonds is 4. The monoisotopic (exact) mass is 311 g/mol. The number of thioether (sulfide) groups is 1. The first kappa shape index (κ1) is 13.9. The fraction of sp³-hybridized carbons (Fsp3) is 0.385. The van der Waals surface area contributed by atoms with Crippen molar-refractivity contribution in [2.24, 2.45) is 0 Å². The van der Waals surface area contributed by atoms with Crippen molar-refractivity contribution in [1.82, 2.24) is 15.5 Å². The van der Waals surface area contributed by atoms with Crippen molar-refractivity contribution in [2.45, 2.75) is 29.2 Å². The van der Waals surface area contributed by atoms with Crippen LogP contribution in [-0.4, -0.2) is 27.9 Å². The molecule has 20 heavy (non-hydrogen) atoms. The molecule has 2 heterocycles. The minimum Gasteiger partial charge on any atom is -0.392 e. The molecule has 7 heteroatoms. The molecule has 0 bridgehead atoms. The van der Waals surface area contributed by atoms with Crippen LogP contribution in [0, 0.1) is 0 Å². The zero-order chi connectivity index (χ0) is 13.9. The molecular weight excluding hydrogens is 298 g/mol. The summed E-state index contributed by atoms with van der Waals surface area (Å²) in [6.45, 7) is 0.571. The maximum atomic E-state index is 9.47. The Bertz CT molecular complexity index is 575. The highest BCUT2D eigenvalue weighted by Gasteiger charge is 2.27. The average molecular weight is 312 g/mol. The van der Waals surface area contributed by atoms with E-state index in [4.69, 9.17) is 16.1 Å². The van der Waals surface area contributed by atoms with E-state index in [2.05, 4.69) is 15.5 Å². The molecule has 0 spiro atoms. The molecule has 2 aromatic rings. The van der Waals surface area contributed by atoms with Crippen molar-refractivity contribution in [3.63, 3.8) is 0 Å². The van der Waals surface area contributed by atoms with Crippen molar-refractivity contribution >= 4 is 23.4 Å². The molecule has 0 aliphatic carbocycles. The van der Waals surface area contributed by atoms with E-state index in [-0.39, 0.29) is 12.1 Å². The van der Waals surface area contributed by atoms with Gasteiger partial charge >= 0.3 is 0 Å². The lowest BCUT2D eigenvalue weighted by molar-refractivity contribution is 0.191. The fourth-order valence-electron chi connectivity index (χ4n) is 2.05. The summed E-state index contributed by atoms with van der Waals surface area (Å²) in [7, 11) is 0. The van der Waals surface area contributed by atoms with Crippen LogP contribution in [0.25, 0.3) is 0 Å². The van der Waals surface area contributed by atoms with Crippen LogP contribution >= 0.6 is 23.4 Å². The summed E-state index contributed by atoms with van der Waals surface area (Å²) in [6.07, 6.45) is 0.283. The third kappa shape index (κ3) is 3.32. The summed E-state index contributed by atoms with van der Waals surface area (Å²) < 4.78 is 5.24. The summed E-state index contributed by atoms with van der Waals surface area (Å²) in [4.78, 5) is 5.47. The van der Waals surface area contributed by atoms with Gasteiger partial charge < -0.3 is 14.9 Å². The van der Waals surface area contributed by atoms with E-state index in [1.165, 1.54) is 0 Å². The summed E-state index contributed by atoms with van der Waals surface area (Å²) >= 11 is 7.47. The average Bonchev–Trinajstić information content (AvgIpc) is 3.07. The van der Waals surface area contributed by atoms with Gasteiger partial charge in [0.05, 0.1) is 17.9 Å². The SMILES string of the molecule is OC1CNC(c2nc(CSc3ccc(Cl)cc3)no2)C1. The molecule has 2 atom stereocenters. The minimum atomic E-state index is -0.334. The normalized spacial score (nSPS) is 22.3. The summed E-state index contributed by atoms with van der Waals surface area (Å²) in [5.74, 6) is 1.84. The Kier molecular flexibility index (Phi) is 4.26. The van der Waals surface area contributed by atoms with Gasteiger partial charge in [0.1, 0.15) is 0 Å². The first-order valence-electron chi connectivity index (χ1n) is 6.33. The minimum absolute atomic E-state index is 0.0354. The largest absolute Gasteiger partial charge is 0.392 e. The standard InChI is InChI=1S/C13H14ClN3O2S/c14-8-1-3-10(4-2-8)20-7-12-16-13(19-17-12)11-5-9(18)6-15-11/h1-4,9,11,15,18H,5-7H2. The van der Waals surface area contributed by atoms with Crippen LogP contribution in [0.5, 0.6) is 0 Å². The molecular formula is C13H14ClN3O2S. The Balaban J connectivity index is 1.58. The van der Waals surface area contributed by atoms with Crippen molar-refractivity contribution in [1.29, 1.82) is 0 Å². The number of hydrogen-bond donors (Lipinski definition) is 2. The number of aromatic nitrogens is 2. The van der Waals surface area contributed by atoms with Crippen LogP contribution in [0.15, 0.2) is 33.7 Å². The zero-order valence-corrected chi connectivity index (χ0v) is 12.2. The molecule has 1 aromatic heterocycles. The van der Waals surface area contributed by atoms with E-state index in [9.17, 15) is 5.11 Å². The molecule has 1 aliphatic heterocycles. The van der Waals surface area contributed by atoms with Crippen LogP contribution in [0.3, 0.4) is 0 Å². The third-order valence-electron chi connectivity index (χ3n) is 3.07. The molecule has 0 amide bonds. The number of β-amino-alcohol motifs (C(OH)–C–C–N with tert-alkyl or cyclic N) is 1. The smallest absolute Gasteiger partial charge is 0.243 e. The number of aliphatic hydroxyl groups is 1. The summed E-state index contributed by atoms with van der Waals surface area (Å²) in [5, 5.41) is 17.3. The van der Waals surface area contributed by atoms with E-state index >= 15 is 0 Å². The van der Waals surface area contributed by atoms with Gasteiger partial charge in [-0.15, -0.1) is 11.8 Å². The number of benzene rings is 1. The predicted octanol–water partition coefficient (Wildman–Crippen LogP) is 2.41. The van der Waals surface area contributed by atoms with E-state index in [1.54, 1.807) is 11.8 Å². The molecule has 1 fully saturated rings. The number of hydrogen-bond acceptors (Lipinski definition) is 6. The van der Waals surface area contributed by atoms with Crippen LogP contribution in [0.4, 0.5) is 0 Å². The highest BCUT2D eigenvalue weighted by molar-refractivity contribution is 7.98.